The van der Waals surface area contributed by atoms with E-state index in [9.17, 15) is 5.11 Å². The van der Waals surface area contributed by atoms with Gasteiger partial charge in [0.15, 0.2) is 0 Å². The van der Waals surface area contributed by atoms with E-state index in [1.54, 1.807) is 0 Å². The summed E-state index contributed by atoms with van der Waals surface area (Å²) in [5.74, 6) is 0. The van der Waals surface area contributed by atoms with E-state index in [2.05, 4.69) is 0 Å². The van der Waals surface area contributed by atoms with Crippen LogP contribution in [-0.4, -0.2) is 61.1 Å². The van der Waals surface area contributed by atoms with Crippen molar-refractivity contribution in [2.45, 2.75) is 29.0 Å². The van der Waals surface area contributed by atoms with Crippen LogP contribution in [0.4, 0.5) is 0 Å². The van der Waals surface area contributed by atoms with Gasteiger partial charge in [-0.15, -0.1) is 11.8 Å². The normalized spacial score (nSPS) is 49.2. The topological polar surface area (TPSA) is 101 Å². The molecule has 0 spiro atoms. The van der Waals surface area contributed by atoms with Gasteiger partial charge in [-0.25, -0.2) is 0 Å². The van der Waals surface area contributed by atoms with E-state index in [1.807, 2.05) is 0 Å². The van der Waals surface area contributed by atoms with Crippen molar-refractivity contribution in [3.8, 4) is 0 Å². The molecular formula is C6H12O5S. The highest BCUT2D eigenvalue weighted by Gasteiger charge is 2.42. The zero-order valence-electron chi connectivity index (χ0n) is 6.24. The minimum absolute atomic E-state index is 0.341. The summed E-state index contributed by atoms with van der Waals surface area (Å²) in [5.41, 5.74) is -1.15. The van der Waals surface area contributed by atoms with Gasteiger partial charge in [0.05, 0.1) is 18.0 Å². The summed E-state index contributed by atoms with van der Waals surface area (Å²) in [6.07, 6.45) is -3.94. The molecule has 5 atom stereocenters. The quantitative estimate of drug-likeness (QED) is 0.318. The van der Waals surface area contributed by atoms with E-state index in [4.69, 9.17) is 20.4 Å². The molecule has 5 N–H and O–H groups in total. The number of aliphatic hydroxyl groups is 5. The molecule has 0 aromatic heterocycles. The van der Waals surface area contributed by atoms with Crippen LogP contribution in [-0.2, 0) is 0 Å². The molecule has 72 valence electrons. The molecule has 0 aromatic rings. The van der Waals surface area contributed by atoms with Crippen molar-refractivity contribution in [1.29, 1.82) is 0 Å². The smallest absolute Gasteiger partial charge is 0.128 e. The number of thioether (sulfide) groups is 1. The summed E-state index contributed by atoms with van der Waals surface area (Å²) >= 11 is 0.852. The van der Waals surface area contributed by atoms with Crippen LogP contribution in [0.1, 0.15) is 0 Å². The first kappa shape index (κ1) is 10.2. The second-order valence-corrected chi connectivity index (χ2v) is 4.08. The van der Waals surface area contributed by atoms with E-state index < -0.39 is 29.0 Å². The highest BCUT2D eigenvalue weighted by atomic mass is 32.2. The van der Waals surface area contributed by atoms with Crippen LogP contribution in [0, 0.1) is 0 Å². The van der Waals surface area contributed by atoms with Gasteiger partial charge in [0.25, 0.3) is 0 Å². The Morgan fingerprint density at radius 1 is 0.917 bits per heavy atom. The molecule has 1 unspecified atom stereocenters. The molecule has 6 heteroatoms. The van der Waals surface area contributed by atoms with Crippen LogP contribution in [0.25, 0.3) is 0 Å². The van der Waals surface area contributed by atoms with Gasteiger partial charge in [-0.05, 0) is 0 Å². The number of hydrogen-bond acceptors (Lipinski definition) is 6. The van der Waals surface area contributed by atoms with Crippen molar-refractivity contribution in [1.82, 2.24) is 0 Å². The monoisotopic (exact) mass is 196 g/mol. The maximum Gasteiger partial charge on any atom is 0.128 e. The Labute approximate surface area is 73.7 Å². The van der Waals surface area contributed by atoms with Gasteiger partial charge < -0.3 is 25.5 Å². The third-order valence-corrected chi connectivity index (χ3v) is 3.20. The zero-order valence-corrected chi connectivity index (χ0v) is 7.05. The Bertz CT molecular complexity index is 150. The fraction of sp³-hybridized carbons (Fsp3) is 1.00. The van der Waals surface area contributed by atoms with Crippen LogP contribution >= 0.6 is 11.8 Å². The molecule has 1 saturated heterocycles. The van der Waals surface area contributed by atoms with Gasteiger partial charge in [-0.2, -0.15) is 0 Å². The molecule has 0 radical (unpaired) electrons. The molecule has 1 rings (SSSR count). The summed E-state index contributed by atoms with van der Waals surface area (Å²) in [4.78, 5) is 0. The fourth-order valence-corrected chi connectivity index (χ4v) is 2.17. The molecule has 1 fully saturated rings. The summed E-state index contributed by atoms with van der Waals surface area (Å²) in [6, 6.07) is 0. The molecule has 1 aliphatic heterocycles. The molecule has 1 heterocycles. The predicted octanol–water partition coefficient (Wildman–Crippen LogP) is -2.50. The van der Waals surface area contributed by atoms with Gasteiger partial charge in [-0.3, -0.25) is 0 Å². The third kappa shape index (κ3) is 1.73. The Kier molecular flexibility index (Phi) is 3.33. The zero-order chi connectivity index (χ0) is 9.30. The molecule has 0 amide bonds. The van der Waals surface area contributed by atoms with Crippen LogP contribution in [0.2, 0.25) is 0 Å². The first-order valence-corrected chi connectivity index (χ1v) is 4.50. The minimum Gasteiger partial charge on any atom is -0.395 e. The fourth-order valence-electron chi connectivity index (χ4n) is 1.08. The molecule has 0 saturated carbocycles. The lowest BCUT2D eigenvalue weighted by Gasteiger charge is -2.36. The summed E-state index contributed by atoms with van der Waals surface area (Å²) in [5, 5.41) is 44.6. The molecule has 1 aliphatic rings. The highest BCUT2D eigenvalue weighted by molar-refractivity contribution is 8.00. The van der Waals surface area contributed by atoms with Crippen molar-refractivity contribution >= 4 is 11.8 Å². The van der Waals surface area contributed by atoms with Crippen molar-refractivity contribution in [3.05, 3.63) is 0 Å². The van der Waals surface area contributed by atoms with E-state index in [0.717, 1.165) is 11.8 Å². The van der Waals surface area contributed by atoms with Crippen LogP contribution in [0.5, 0.6) is 0 Å². The Morgan fingerprint density at radius 2 is 1.50 bits per heavy atom. The summed E-state index contributed by atoms with van der Waals surface area (Å²) in [7, 11) is 0. The molecule has 0 aromatic carbocycles. The minimum atomic E-state index is -1.39. The van der Waals surface area contributed by atoms with E-state index in [1.165, 1.54) is 0 Å². The van der Waals surface area contributed by atoms with Crippen LogP contribution in [0.15, 0.2) is 0 Å². The Hall–Kier alpha value is 0.150. The van der Waals surface area contributed by atoms with Crippen molar-refractivity contribution in [2.24, 2.45) is 0 Å². The number of rotatable bonds is 1. The van der Waals surface area contributed by atoms with Crippen molar-refractivity contribution in [3.63, 3.8) is 0 Å². The van der Waals surface area contributed by atoms with E-state index in [0.29, 0.717) is 0 Å². The van der Waals surface area contributed by atoms with E-state index >= 15 is 0 Å². The first-order valence-electron chi connectivity index (χ1n) is 3.56. The van der Waals surface area contributed by atoms with Crippen molar-refractivity contribution < 1.29 is 25.5 Å². The lowest BCUT2D eigenvalue weighted by molar-refractivity contribution is -0.0953. The predicted molar refractivity (Wildman–Crippen MR) is 42.5 cm³/mol. The second-order valence-electron chi connectivity index (χ2n) is 2.72. The van der Waals surface area contributed by atoms with Gasteiger partial charge in [-0.1, -0.05) is 0 Å². The highest BCUT2D eigenvalue weighted by Crippen LogP contribution is 2.30. The Morgan fingerprint density at radius 3 is 2.00 bits per heavy atom. The standard InChI is InChI=1S/C6H12O5S/c7-1-2-3(8)4(9)5(10)6(11)12-2/h2-11H,1H2/t2-,3-,4-,5+,6?/m1/s1. The first-order chi connectivity index (χ1) is 5.57. The summed E-state index contributed by atoms with van der Waals surface area (Å²) < 4.78 is 0. The molecule has 0 aliphatic carbocycles. The molecule has 12 heavy (non-hydrogen) atoms. The Balaban J connectivity index is 2.63. The largest absolute Gasteiger partial charge is 0.395 e. The van der Waals surface area contributed by atoms with Gasteiger partial charge in [0, 0.05) is 0 Å². The average Bonchev–Trinajstić information content (AvgIpc) is 2.08. The average molecular weight is 196 g/mol. The van der Waals surface area contributed by atoms with Gasteiger partial charge >= 0.3 is 0 Å². The van der Waals surface area contributed by atoms with Crippen LogP contribution in [0.3, 0.4) is 0 Å². The summed E-state index contributed by atoms with van der Waals surface area (Å²) in [6.45, 7) is -0.341. The SMILES string of the molecule is OC[C@H]1SC(O)[C@@H](O)[C@H](O)[C@@H]1O. The maximum absolute atomic E-state index is 9.22. The number of aliphatic hydroxyl groups excluding tert-OH is 5. The van der Waals surface area contributed by atoms with Crippen molar-refractivity contribution in [2.75, 3.05) is 6.61 Å². The molecular weight excluding hydrogens is 184 g/mol. The second kappa shape index (κ2) is 3.91. The number of hydrogen-bond donors (Lipinski definition) is 5. The van der Waals surface area contributed by atoms with Gasteiger partial charge in [0.2, 0.25) is 0 Å². The molecule has 5 nitrogen and oxygen atoms in total. The molecule has 0 bridgehead atoms. The maximum atomic E-state index is 9.22. The lowest BCUT2D eigenvalue weighted by atomic mass is 10.0. The van der Waals surface area contributed by atoms with Crippen LogP contribution < -0.4 is 0 Å². The van der Waals surface area contributed by atoms with E-state index in [-0.39, 0.29) is 6.61 Å². The van der Waals surface area contributed by atoms with Gasteiger partial charge in [0.1, 0.15) is 17.6 Å². The lowest BCUT2D eigenvalue weighted by Crippen LogP contribution is -2.53. The third-order valence-electron chi connectivity index (χ3n) is 1.87.